The Balaban J connectivity index is 0.00000253. The normalized spacial score (nSPS) is 15.4. The van der Waals surface area contributed by atoms with Gasteiger partial charge < -0.3 is 19.3 Å². The molecule has 0 bridgehead atoms. The second kappa shape index (κ2) is 8.81. The van der Waals surface area contributed by atoms with Gasteiger partial charge in [-0.05, 0) is 29.8 Å². The minimum absolute atomic E-state index is 0. The molecule has 0 aliphatic carbocycles. The van der Waals surface area contributed by atoms with Crippen LogP contribution < -0.4 is 19.3 Å². The van der Waals surface area contributed by atoms with Gasteiger partial charge in [0.1, 0.15) is 12.1 Å². The van der Waals surface area contributed by atoms with Crippen LogP contribution in [0.2, 0.25) is 0 Å². The van der Waals surface area contributed by atoms with Crippen molar-refractivity contribution in [3.63, 3.8) is 0 Å². The van der Waals surface area contributed by atoms with E-state index in [4.69, 9.17) is 9.47 Å². The highest BCUT2D eigenvalue weighted by Gasteiger charge is 2.36. The zero-order valence-corrected chi connectivity index (χ0v) is 19.1. The van der Waals surface area contributed by atoms with Gasteiger partial charge in [-0.3, -0.25) is 5.10 Å². The smallest absolute Gasteiger partial charge is 0.435 e. The predicted octanol–water partition coefficient (Wildman–Crippen LogP) is 4.52. The highest BCUT2D eigenvalue weighted by molar-refractivity contribution is 5.93. The molecule has 0 radical (unpaired) electrons. The number of aromatic amines is 1. The number of hydrogen-bond acceptors (Lipinski definition) is 7. The molecule has 0 unspecified atom stereocenters. The first-order valence-corrected chi connectivity index (χ1v) is 10.7. The van der Waals surface area contributed by atoms with Gasteiger partial charge in [-0.25, -0.2) is 9.97 Å². The SMILES string of the molecule is Cl.FC(F)(F)c1n[nH]cc1-c1ccc2ncnc(N3CCN(c4ccc5c(c4)OCO5)CC3)c2c1. The Bertz CT molecular complexity index is 1370. The van der Waals surface area contributed by atoms with Crippen LogP contribution in [-0.4, -0.2) is 53.1 Å². The molecule has 6 rings (SSSR count). The lowest BCUT2D eigenvalue weighted by Crippen LogP contribution is -2.46. The number of nitrogens with zero attached hydrogens (tertiary/aromatic N) is 5. The molecule has 4 aromatic rings. The van der Waals surface area contributed by atoms with Gasteiger partial charge in [-0.15, -0.1) is 12.4 Å². The molecule has 2 aromatic carbocycles. The molecular formula is C23H20ClF3N6O2. The third kappa shape index (κ3) is 4.16. The molecular weight excluding hydrogens is 485 g/mol. The number of H-pyrrole nitrogens is 1. The van der Waals surface area contributed by atoms with Gasteiger partial charge >= 0.3 is 6.18 Å². The van der Waals surface area contributed by atoms with E-state index in [0.29, 0.717) is 35.4 Å². The van der Waals surface area contributed by atoms with Crippen molar-refractivity contribution >= 4 is 34.8 Å². The summed E-state index contributed by atoms with van der Waals surface area (Å²) >= 11 is 0. The Morgan fingerprint density at radius 2 is 1.66 bits per heavy atom. The van der Waals surface area contributed by atoms with E-state index in [2.05, 4.69) is 30.0 Å². The lowest BCUT2D eigenvalue weighted by molar-refractivity contribution is -0.140. The summed E-state index contributed by atoms with van der Waals surface area (Å²) in [6, 6.07) is 10.9. The van der Waals surface area contributed by atoms with Gasteiger partial charge in [0, 0.05) is 55.1 Å². The maximum absolute atomic E-state index is 13.4. The van der Waals surface area contributed by atoms with E-state index in [0.717, 1.165) is 30.3 Å². The third-order valence-electron chi connectivity index (χ3n) is 6.13. The molecule has 182 valence electrons. The molecule has 0 saturated carbocycles. The first-order valence-electron chi connectivity index (χ1n) is 10.7. The van der Waals surface area contributed by atoms with Crippen molar-refractivity contribution in [2.24, 2.45) is 0 Å². The number of benzene rings is 2. The van der Waals surface area contributed by atoms with Gasteiger partial charge in [0.25, 0.3) is 0 Å². The van der Waals surface area contributed by atoms with Gasteiger partial charge in [0.2, 0.25) is 6.79 Å². The van der Waals surface area contributed by atoms with Crippen LogP contribution in [-0.2, 0) is 6.18 Å². The average molecular weight is 505 g/mol. The number of aromatic nitrogens is 4. The van der Waals surface area contributed by atoms with Crippen molar-refractivity contribution in [1.82, 2.24) is 20.2 Å². The van der Waals surface area contributed by atoms with Gasteiger partial charge in [0.15, 0.2) is 17.2 Å². The van der Waals surface area contributed by atoms with E-state index in [1.807, 2.05) is 18.2 Å². The summed E-state index contributed by atoms with van der Waals surface area (Å²) in [6.45, 7) is 3.14. The van der Waals surface area contributed by atoms with E-state index in [1.54, 1.807) is 18.2 Å². The fraction of sp³-hybridized carbons (Fsp3) is 0.261. The Kier molecular flexibility index (Phi) is 5.79. The van der Waals surface area contributed by atoms with Crippen molar-refractivity contribution in [1.29, 1.82) is 0 Å². The van der Waals surface area contributed by atoms with Gasteiger partial charge in [-0.2, -0.15) is 18.3 Å². The highest BCUT2D eigenvalue weighted by atomic mass is 35.5. The Morgan fingerprint density at radius 1 is 0.886 bits per heavy atom. The van der Waals surface area contributed by atoms with E-state index in [9.17, 15) is 13.2 Å². The number of rotatable bonds is 3. The van der Waals surface area contributed by atoms with Crippen molar-refractivity contribution in [2.75, 3.05) is 42.8 Å². The zero-order valence-electron chi connectivity index (χ0n) is 18.2. The molecule has 0 amide bonds. The van der Waals surface area contributed by atoms with Crippen molar-refractivity contribution in [3.05, 3.63) is 54.6 Å². The van der Waals surface area contributed by atoms with Crippen molar-refractivity contribution in [3.8, 4) is 22.6 Å². The summed E-state index contributed by atoms with van der Waals surface area (Å²) in [5.74, 6) is 2.19. The van der Waals surface area contributed by atoms with Crippen LogP contribution in [0.5, 0.6) is 11.5 Å². The van der Waals surface area contributed by atoms with Crippen molar-refractivity contribution in [2.45, 2.75) is 6.18 Å². The number of ether oxygens (including phenoxy) is 2. The first kappa shape index (κ1) is 23.0. The monoisotopic (exact) mass is 504 g/mol. The van der Waals surface area contributed by atoms with Gasteiger partial charge in [-0.1, -0.05) is 6.07 Å². The maximum Gasteiger partial charge on any atom is 0.435 e. The summed E-state index contributed by atoms with van der Waals surface area (Å²) in [4.78, 5) is 13.2. The second-order valence-electron chi connectivity index (χ2n) is 8.09. The van der Waals surface area contributed by atoms with E-state index in [1.165, 1.54) is 12.5 Å². The molecule has 2 aliphatic heterocycles. The molecule has 1 N–H and O–H groups in total. The van der Waals surface area contributed by atoms with Gasteiger partial charge in [0.05, 0.1) is 5.52 Å². The number of fused-ring (bicyclic) bond motifs is 2. The molecule has 2 aromatic heterocycles. The summed E-state index contributed by atoms with van der Waals surface area (Å²) in [7, 11) is 0. The lowest BCUT2D eigenvalue weighted by Gasteiger charge is -2.37. The lowest BCUT2D eigenvalue weighted by atomic mass is 10.0. The maximum atomic E-state index is 13.4. The number of hydrogen-bond donors (Lipinski definition) is 1. The van der Waals surface area contributed by atoms with Crippen LogP contribution in [0.4, 0.5) is 24.7 Å². The quantitative estimate of drug-likeness (QED) is 0.439. The summed E-state index contributed by atoms with van der Waals surface area (Å²) in [6.07, 6.45) is -1.80. The van der Waals surface area contributed by atoms with E-state index >= 15 is 0 Å². The molecule has 0 spiro atoms. The molecule has 1 saturated heterocycles. The van der Waals surface area contributed by atoms with Crippen LogP contribution >= 0.6 is 12.4 Å². The van der Waals surface area contributed by atoms with Crippen LogP contribution in [0.3, 0.4) is 0 Å². The second-order valence-corrected chi connectivity index (χ2v) is 8.09. The molecule has 8 nitrogen and oxygen atoms in total. The minimum atomic E-state index is -4.55. The number of alkyl halides is 3. The minimum Gasteiger partial charge on any atom is -0.454 e. The third-order valence-corrected chi connectivity index (χ3v) is 6.13. The molecule has 4 heterocycles. The Hall–Kier alpha value is -3.73. The van der Waals surface area contributed by atoms with E-state index < -0.39 is 11.9 Å². The summed E-state index contributed by atoms with van der Waals surface area (Å²) < 4.78 is 51.0. The summed E-state index contributed by atoms with van der Waals surface area (Å²) in [5, 5.41) is 6.43. The van der Waals surface area contributed by atoms with E-state index in [-0.39, 0.29) is 24.8 Å². The molecule has 2 aliphatic rings. The Morgan fingerprint density at radius 3 is 2.46 bits per heavy atom. The predicted molar refractivity (Wildman–Crippen MR) is 126 cm³/mol. The number of halogens is 4. The number of anilines is 2. The van der Waals surface area contributed by atoms with Crippen molar-refractivity contribution < 1.29 is 22.6 Å². The van der Waals surface area contributed by atoms with Crippen LogP contribution in [0.15, 0.2) is 48.9 Å². The van der Waals surface area contributed by atoms with Crippen LogP contribution in [0, 0.1) is 0 Å². The highest BCUT2D eigenvalue weighted by Crippen LogP contribution is 2.38. The zero-order chi connectivity index (χ0) is 23.3. The largest absolute Gasteiger partial charge is 0.454 e. The topological polar surface area (TPSA) is 79.4 Å². The molecule has 0 atom stereocenters. The Labute approximate surface area is 204 Å². The molecule has 12 heteroatoms. The fourth-order valence-corrected chi connectivity index (χ4v) is 4.45. The molecule has 35 heavy (non-hydrogen) atoms. The van der Waals surface area contributed by atoms with Crippen LogP contribution in [0.1, 0.15) is 5.69 Å². The molecule has 1 fully saturated rings. The first-order chi connectivity index (χ1) is 16.5. The number of piperazine rings is 1. The fourth-order valence-electron chi connectivity index (χ4n) is 4.45. The van der Waals surface area contributed by atoms with Crippen LogP contribution in [0.25, 0.3) is 22.0 Å². The standard InChI is InChI=1S/C23H19F3N6O2.ClH/c24-23(25,26)21-17(11-29-30-21)14-1-3-18-16(9-14)22(28-12-27-18)32-7-5-31(6-8-32)15-2-4-19-20(10-15)34-13-33-19;/h1-4,9-12H,5-8,13H2,(H,29,30);1H. The number of nitrogens with one attached hydrogen (secondary N) is 1. The summed E-state index contributed by atoms with van der Waals surface area (Å²) in [5.41, 5.74) is 1.19. The average Bonchev–Trinajstić information content (AvgIpc) is 3.53.